The van der Waals surface area contributed by atoms with Crippen LogP contribution < -0.4 is 21.3 Å². The highest BCUT2D eigenvalue weighted by atomic mass is 15.0. The van der Waals surface area contributed by atoms with E-state index in [-0.39, 0.29) is 0 Å². The van der Waals surface area contributed by atoms with Crippen molar-refractivity contribution in [1.82, 2.24) is 21.3 Å². The van der Waals surface area contributed by atoms with Crippen LogP contribution in [-0.4, -0.2) is 51.4 Å². The average molecular weight is 200 g/mol. The van der Waals surface area contributed by atoms with Gasteiger partial charge in [-0.15, -0.1) is 0 Å². The topological polar surface area (TPSA) is 48.1 Å². The van der Waals surface area contributed by atoms with Gasteiger partial charge in [-0.2, -0.15) is 0 Å². The summed E-state index contributed by atoms with van der Waals surface area (Å²) in [6, 6.07) is 1.35. The first-order valence-electron chi connectivity index (χ1n) is 5.67. The molecule has 0 radical (unpaired) electrons. The number of rotatable bonds is 0. The van der Waals surface area contributed by atoms with E-state index in [0.717, 1.165) is 39.3 Å². The molecular weight excluding hydrogens is 176 g/mol. The van der Waals surface area contributed by atoms with Crippen LogP contribution >= 0.6 is 0 Å². The van der Waals surface area contributed by atoms with E-state index in [9.17, 15) is 0 Å². The predicted octanol–water partition coefficient (Wildman–Crippen LogP) is -0.865. The molecule has 2 fully saturated rings. The van der Waals surface area contributed by atoms with Gasteiger partial charge < -0.3 is 21.3 Å². The van der Waals surface area contributed by atoms with Gasteiger partial charge in [-0.05, 0) is 13.8 Å². The van der Waals surface area contributed by atoms with Gasteiger partial charge in [-0.1, -0.05) is 0 Å². The van der Waals surface area contributed by atoms with Crippen molar-refractivity contribution < 1.29 is 0 Å². The molecule has 0 bridgehead atoms. The molecule has 0 unspecified atom stereocenters. The Bertz CT molecular complexity index is 112. The molecule has 0 spiro atoms. The van der Waals surface area contributed by atoms with Crippen LogP contribution in [0.25, 0.3) is 0 Å². The Morgan fingerprint density at radius 3 is 1.29 bits per heavy atom. The molecule has 0 aromatic heterocycles. The number of nitrogens with one attached hydrogen (secondary N) is 4. The Kier molecular flexibility index (Phi) is 6.10. The molecule has 14 heavy (non-hydrogen) atoms. The van der Waals surface area contributed by atoms with Gasteiger partial charge in [0.1, 0.15) is 0 Å². The molecule has 0 amide bonds. The predicted molar refractivity (Wildman–Crippen MR) is 60.7 cm³/mol. The Morgan fingerprint density at radius 1 is 0.714 bits per heavy atom. The lowest BCUT2D eigenvalue weighted by Crippen LogP contribution is -2.46. The van der Waals surface area contributed by atoms with Crippen LogP contribution in [0.4, 0.5) is 0 Å². The Hall–Kier alpha value is -0.160. The number of hydrogen-bond acceptors (Lipinski definition) is 4. The Balaban J connectivity index is 0.000000140. The van der Waals surface area contributed by atoms with Gasteiger partial charge in [0, 0.05) is 51.4 Å². The van der Waals surface area contributed by atoms with Crippen molar-refractivity contribution >= 4 is 0 Å². The molecule has 4 nitrogen and oxygen atoms in total. The molecule has 4 heteroatoms. The van der Waals surface area contributed by atoms with Gasteiger partial charge in [0.05, 0.1) is 0 Å². The number of hydrogen-bond donors (Lipinski definition) is 4. The molecule has 2 aliphatic heterocycles. The van der Waals surface area contributed by atoms with Crippen LogP contribution in [0.15, 0.2) is 0 Å². The first kappa shape index (κ1) is 11.9. The summed E-state index contributed by atoms with van der Waals surface area (Å²) in [5.41, 5.74) is 0. The maximum absolute atomic E-state index is 3.32. The van der Waals surface area contributed by atoms with Gasteiger partial charge in [0.25, 0.3) is 0 Å². The standard InChI is InChI=1S/2C5H12N2/c2*1-5-4-6-2-3-7-5/h2*5-7H,2-4H2,1H3/t2*5-/m10/s1. The summed E-state index contributed by atoms with van der Waals surface area (Å²) in [5, 5.41) is 13.2. The molecule has 0 aliphatic carbocycles. The van der Waals surface area contributed by atoms with Crippen molar-refractivity contribution in [3.63, 3.8) is 0 Å². The van der Waals surface area contributed by atoms with Crippen LogP contribution in [0.3, 0.4) is 0 Å². The highest BCUT2D eigenvalue weighted by Crippen LogP contribution is 1.81. The van der Waals surface area contributed by atoms with E-state index >= 15 is 0 Å². The Labute approximate surface area is 87.2 Å². The van der Waals surface area contributed by atoms with Crippen molar-refractivity contribution in [3.8, 4) is 0 Å². The zero-order valence-electron chi connectivity index (χ0n) is 9.40. The van der Waals surface area contributed by atoms with E-state index in [1.165, 1.54) is 0 Å². The summed E-state index contributed by atoms with van der Waals surface area (Å²) in [6.07, 6.45) is 0. The summed E-state index contributed by atoms with van der Waals surface area (Å²) >= 11 is 0. The normalized spacial score (nSPS) is 33.0. The third kappa shape index (κ3) is 5.54. The second kappa shape index (κ2) is 7.17. The molecule has 0 aromatic carbocycles. The molecule has 0 aromatic rings. The second-order valence-electron chi connectivity index (χ2n) is 4.12. The molecule has 2 atom stereocenters. The first-order valence-corrected chi connectivity index (χ1v) is 5.67. The van der Waals surface area contributed by atoms with Crippen molar-refractivity contribution in [3.05, 3.63) is 0 Å². The summed E-state index contributed by atoms with van der Waals surface area (Å²) in [5.74, 6) is 0. The van der Waals surface area contributed by atoms with Gasteiger partial charge in [-0.3, -0.25) is 0 Å². The van der Waals surface area contributed by atoms with Crippen molar-refractivity contribution in [2.45, 2.75) is 25.9 Å². The fourth-order valence-electron chi connectivity index (χ4n) is 1.60. The van der Waals surface area contributed by atoms with Crippen LogP contribution in [-0.2, 0) is 0 Å². The minimum atomic E-state index is 0.675. The first-order chi connectivity index (χ1) is 6.79. The van der Waals surface area contributed by atoms with Crippen LogP contribution in [0, 0.1) is 0 Å². The molecule has 2 rings (SSSR count). The van der Waals surface area contributed by atoms with Gasteiger partial charge in [-0.25, -0.2) is 0 Å². The third-order valence-electron chi connectivity index (χ3n) is 2.49. The lowest BCUT2D eigenvalue weighted by Gasteiger charge is -2.19. The van der Waals surface area contributed by atoms with E-state index in [1.54, 1.807) is 0 Å². The fraction of sp³-hybridized carbons (Fsp3) is 1.00. The summed E-state index contributed by atoms with van der Waals surface area (Å²) < 4.78 is 0. The average Bonchev–Trinajstić information content (AvgIpc) is 2.21. The highest BCUT2D eigenvalue weighted by Gasteiger charge is 2.03. The minimum absolute atomic E-state index is 0.675. The molecule has 2 heterocycles. The van der Waals surface area contributed by atoms with E-state index in [4.69, 9.17) is 0 Å². The van der Waals surface area contributed by atoms with Crippen LogP contribution in [0.2, 0.25) is 0 Å². The van der Waals surface area contributed by atoms with Crippen molar-refractivity contribution in [2.75, 3.05) is 39.3 Å². The third-order valence-corrected chi connectivity index (χ3v) is 2.49. The van der Waals surface area contributed by atoms with Crippen LogP contribution in [0.5, 0.6) is 0 Å². The van der Waals surface area contributed by atoms with Crippen molar-refractivity contribution in [2.24, 2.45) is 0 Å². The summed E-state index contributed by atoms with van der Waals surface area (Å²) in [6.45, 7) is 11.1. The second-order valence-corrected chi connectivity index (χ2v) is 4.12. The molecule has 84 valence electrons. The largest absolute Gasteiger partial charge is 0.314 e. The van der Waals surface area contributed by atoms with Gasteiger partial charge in [0.15, 0.2) is 0 Å². The van der Waals surface area contributed by atoms with E-state index in [0.29, 0.717) is 12.1 Å². The van der Waals surface area contributed by atoms with Gasteiger partial charge in [0.2, 0.25) is 0 Å². The molecule has 0 saturated carbocycles. The lowest BCUT2D eigenvalue weighted by atomic mass is 10.3. The van der Waals surface area contributed by atoms with E-state index in [2.05, 4.69) is 35.1 Å². The highest BCUT2D eigenvalue weighted by molar-refractivity contribution is 4.70. The quantitative estimate of drug-likeness (QED) is 0.411. The molecule has 2 aliphatic rings. The minimum Gasteiger partial charge on any atom is -0.314 e. The number of piperazine rings is 2. The van der Waals surface area contributed by atoms with Gasteiger partial charge >= 0.3 is 0 Å². The van der Waals surface area contributed by atoms with Crippen molar-refractivity contribution in [1.29, 1.82) is 0 Å². The zero-order valence-corrected chi connectivity index (χ0v) is 9.40. The fourth-order valence-corrected chi connectivity index (χ4v) is 1.60. The molecular formula is C10H24N4. The molecule has 2 saturated heterocycles. The smallest absolute Gasteiger partial charge is 0.0164 e. The zero-order chi connectivity index (χ0) is 10.2. The maximum Gasteiger partial charge on any atom is 0.0164 e. The Morgan fingerprint density at radius 2 is 1.14 bits per heavy atom. The van der Waals surface area contributed by atoms with Crippen LogP contribution in [0.1, 0.15) is 13.8 Å². The summed E-state index contributed by atoms with van der Waals surface area (Å²) in [4.78, 5) is 0. The SMILES string of the molecule is C[C@@H]1CNCCN1.C[C@H]1CNCCN1. The summed E-state index contributed by atoms with van der Waals surface area (Å²) in [7, 11) is 0. The molecule has 4 N–H and O–H groups in total. The van der Waals surface area contributed by atoms with E-state index < -0.39 is 0 Å². The maximum atomic E-state index is 3.32. The monoisotopic (exact) mass is 200 g/mol. The lowest BCUT2D eigenvalue weighted by molar-refractivity contribution is 0.442. The van der Waals surface area contributed by atoms with E-state index in [1.807, 2.05) is 0 Å².